The summed E-state index contributed by atoms with van der Waals surface area (Å²) in [5.74, 6) is 0.958. The first-order chi connectivity index (χ1) is 7.03. The largest absolute Gasteiger partial charge is 0.374 e. The Labute approximate surface area is 97.9 Å². The lowest BCUT2D eigenvalue weighted by atomic mass is 9.90. The van der Waals surface area contributed by atoms with E-state index < -0.39 is 0 Å². The zero-order chi connectivity index (χ0) is 11.3. The Hall–Kier alpha value is -0.800. The number of rotatable bonds is 5. The van der Waals surface area contributed by atoms with E-state index >= 15 is 0 Å². The van der Waals surface area contributed by atoms with Gasteiger partial charge in [0, 0.05) is 5.75 Å². The van der Waals surface area contributed by atoms with Gasteiger partial charge in [-0.25, -0.2) is 0 Å². The summed E-state index contributed by atoms with van der Waals surface area (Å²) in [5, 5.41) is 17.0. The summed E-state index contributed by atoms with van der Waals surface area (Å²) in [7, 11) is 0. The van der Waals surface area contributed by atoms with Crippen molar-refractivity contribution in [2.45, 2.75) is 31.0 Å². The quantitative estimate of drug-likeness (QED) is 0.634. The van der Waals surface area contributed by atoms with Crippen molar-refractivity contribution in [3.8, 4) is 6.07 Å². The fourth-order valence-corrected chi connectivity index (χ4v) is 2.65. The Balaban J connectivity index is 2.21. The van der Waals surface area contributed by atoms with Crippen molar-refractivity contribution in [1.82, 2.24) is 10.2 Å². The van der Waals surface area contributed by atoms with Gasteiger partial charge in [-0.1, -0.05) is 23.1 Å². The Morgan fingerprint density at radius 2 is 2.27 bits per heavy atom. The van der Waals surface area contributed by atoms with E-state index in [0.29, 0.717) is 5.13 Å². The second kappa shape index (κ2) is 5.33. The zero-order valence-corrected chi connectivity index (χ0v) is 10.5. The predicted octanol–water partition coefficient (Wildman–Crippen LogP) is 2.54. The van der Waals surface area contributed by atoms with Crippen LogP contribution in [0, 0.1) is 16.7 Å². The van der Waals surface area contributed by atoms with E-state index in [1.54, 1.807) is 11.8 Å². The van der Waals surface area contributed by atoms with Crippen LogP contribution in [0.1, 0.15) is 26.7 Å². The SMILES string of the molecule is CC(C)(C#N)CCCSc1nnc(N)s1. The van der Waals surface area contributed by atoms with Gasteiger partial charge >= 0.3 is 0 Å². The number of nitriles is 1. The van der Waals surface area contributed by atoms with Crippen LogP contribution in [0.25, 0.3) is 0 Å². The van der Waals surface area contributed by atoms with Crippen LogP contribution < -0.4 is 5.73 Å². The summed E-state index contributed by atoms with van der Waals surface area (Å²) < 4.78 is 0.905. The van der Waals surface area contributed by atoms with E-state index in [1.165, 1.54) is 11.3 Å². The Kier molecular flexibility index (Phi) is 4.36. The lowest BCUT2D eigenvalue weighted by Gasteiger charge is -2.13. The number of nitrogen functional groups attached to an aromatic ring is 1. The van der Waals surface area contributed by atoms with Crippen molar-refractivity contribution in [2.75, 3.05) is 11.5 Å². The topological polar surface area (TPSA) is 75.6 Å². The fraction of sp³-hybridized carbons (Fsp3) is 0.667. The molecule has 1 aromatic heterocycles. The lowest BCUT2D eigenvalue weighted by Crippen LogP contribution is -2.07. The fourth-order valence-electron chi connectivity index (χ4n) is 1.01. The van der Waals surface area contributed by atoms with Crippen molar-refractivity contribution >= 4 is 28.2 Å². The molecule has 15 heavy (non-hydrogen) atoms. The van der Waals surface area contributed by atoms with E-state index in [-0.39, 0.29) is 5.41 Å². The average molecular weight is 242 g/mol. The Morgan fingerprint density at radius 1 is 1.53 bits per heavy atom. The molecule has 0 radical (unpaired) electrons. The third-order valence-electron chi connectivity index (χ3n) is 1.90. The van der Waals surface area contributed by atoms with Gasteiger partial charge in [0.05, 0.1) is 11.5 Å². The Morgan fingerprint density at radius 3 is 2.80 bits per heavy atom. The van der Waals surface area contributed by atoms with E-state index in [2.05, 4.69) is 16.3 Å². The molecule has 0 aliphatic carbocycles. The third-order valence-corrected chi connectivity index (χ3v) is 3.87. The predicted molar refractivity (Wildman–Crippen MR) is 63.7 cm³/mol. The van der Waals surface area contributed by atoms with Crippen LogP contribution in [0.15, 0.2) is 4.34 Å². The molecule has 0 atom stereocenters. The van der Waals surface area contributed by atoms with Crippen LogP contribution >= 0.6 is 23.1 Å². The summed E-state index contributed by atoms with van der Waals surface area (Å²) in [6, 6.07) is 2.29. The van der Waals surface area contributed by atoms with Crippen molar-refractivity contribution in [3.63, 3.8) is 0 Å². The van der Waals surface area contributed by atoms with Gasteiger partial charge in [-0.2, -0.15) is 5.26 Å². The van der Waals surface area contributed by atoms with Crippen molar-refractivity contribution in [1.29, 1.82) is 5.26 Å². The first-order valence-electron chi connectivity index (χ1n) is 4.66. The molecule has 1 rings (SSSR count). The van der Waals surface area contributed by atoms with Gasteiger partial charge < -0.3 is 5.73 Å². The highest BCUT2D eigenvalue weighted by Gasteiger charge is 2.15. The van der Waals surface area contributed by atoms with E-state index in [4.69, 9.17) is 11.0 Å². The molecule has 1 aromatic rings. The van der Waals surface area contributed by atoms with Gasteiger partial charge in [0.1, 0.15) is 0 Å². The molecule has 0 aliphatic rings. The molecule has 0 unspecified atom stereocenters. The van der Waals surface area contributed by atoms with Crippen LogP contribution in [0.5, 0.6) is 0 Å². The number of thioether (sulfide) groups is 1. The van der Waals surface area contributed by atoms with Crippen molar-refractivity contribution < 1.29 is 0 Å². The van der Waals surface area contributed by atoms with Gasteiger partial charge in [0.25, 0.3) is 0 Å². The van der Waals surface area contributed by atoms with Crippen LogP contribution in [0.3, 0.4) is 0 Å². The van der Waals surface area contributed by atoms with E-state index in [0.717, 1.165) is 22.9 Å². The number of hydrogen-bond donors (Lipinski definition) is 1. The summed E-state index contributed by atoms with van der Waals surface area (Å²) in [5.41, 5.74) is 5.24. The maximum atomic E-state index is 8.82. The first-order valence-corrected chi connectivity index (χ1v) is 6.47. The number of hydrogen-bond acceptors (Lipinski definition) is 6. The molecule has 0 spiro atoms. The molecule has 6 heteroatoms. The molecular weight excluding hydrogens is 228 g/mol. The van der Waals surface area contributed by atoms with Crippen LogP contribution in [-0.4, -0.2) is 16.0 Å². The summed E-state index contributed by atoms with van der Waals surface area (Å²) in [6.45, 7) is 3.92. The maximum absolute atomic E-state index is 8.82. The summed E-state index contributed by atoms with van der Waals surface area (Å²) >= 11 is 3.05. The molecular formula is C9H14N4S2. The first kappa shape index (κ1) is 12.3. The molecule has 82 valence electrons. The maximum Gasteiger partial charge on any atom is 0.203 e. The Bertz CT molecular complexity index is 353. The monoisotopic (exact) mass is 242 g/mol. The molecule has 0 amide bonds. The molecule has 2 N–H and O–H groups in total. The summed E-state index contributed by atoms with van der Waals surface area (Å²) in [4.78, 5) is 0. The van der Waals surface area contributed by atoms with E-state index in [9.17, 15) is 0 Å². The minimum absolute atomic E-state index is 0.222. The summed E-state index contributed by atoms with van der Waals surface area (Å²) in [6.07, 6.45) is 1.91. The second-order valence-electron chi connectivity index (χ2n) is 3.85. The average Bonchev–Trinajstić information content (AvgIpc) is 2.59. The highest BCUT2D eigenvalue weighted by Crippen LogP contribution is 2.27. The van der Waals surface area contributed by atoms with Crippen LogP contribution in [-0.2, 0) is 0 Å². The minimum Gasteiger partial charge on any atom is -0.374 e. The molecule has 4 nitrogen and oxygen atoms in total. The smallest absolute Gasteiger partial charge is 0.203 e. The van der Waals surface area contributed by atoms with E-state index in [1.807, 2.05) is 13.8 Å². The van der Waals surface area contributed by atoms with Crippen LogP contribution in [0.2, 0.25) is 0 Å². The molecule has 0 aliphatic heterocycles. The standard InChI is InChI=1S/C9H14N4S2/c1-9(2,6-10)4-3-5-14-8-13-12-7(11)15-8/h3-5H2,1-2H3,(H2,11,12). The minimum atomic E-state index is -0.222. The second-order valence-corrected chi connectivity index (χ2v) is 6.21. The van der Waals surface area contributed by atoms with Gasteiger partial charge in [-0.15, -0.1) is 10.2 Å². The van der Waals surface area contributed by atoms with Crippen LogP contribution in [0.4, 0.5) is 5.13 Å². The van der Waals surface area contributed by atoms with Gasteiger partial charge in [0.2, 0.25) is 5.13 Å². The molecule has 0 aromatic carbocycles. The number of nitrogens with two attached hydrogens (primary N) is 1. The third kappa shape index (κ3) is 4.49. The van der Waals surface area contributed by atoms with Gasteiger partial charge in [0.15, 0.2) is 4.34 Å². The highest BCUT2D eigenvalue weighted by atomic mass is 32.2. The lowest BCUT2D eigenvalue weighted by molar-refractivity contribution is 0.448. The number of nitrogens with zero attached hydrogens (tertiary/aromatic N) is 3. The number of aromatic nitrogens is 2. The molecule has 0 saturated carbocycles. The molecule has 0 fully saturated rings. The normalized spacial score (nSPS) is 11.3. The zero-order valence-electron chi connectivity index (χ0n) is 8.86. The van der Waals surface area contributed by atoms with Crippen molar-refractivity contribution in [3.05, 3.63) is 0 Å². The molecule has 1 heterocycles. The molecule has 0 bridgehead atoms. The number of anilines is 1. The van der Waals surface area contributed by atoms with Gasteiger partial charge in [-0.05, 0) is 26.7 Å². The molecule has 0 saturated heterocycles. The van der Waals surface area contributed by atoms with Crippen molar-refractivity contribution in [2.24, 2.45) is 5.41 Å². The highest BCUT2D eigenvalue weighted by molar-refractivity contribution is 8.01. The van der Waals surface area contributed by atoms with Gasteiger partial charge in [-0.3, -0.25) is 0 Å².